The van der Waals surface area contributed by atoms with Crippen LogP contribution in [0.1, 0.15) is 51.2 Å². The molecule has 0 fully saturated rings. The number of halogens is 4. The van der Waals surface area contributed by atoms with Crippen LogP contribution in [0.2, 0.25) is 0 Å². The first kappa shape index (κ1) is 99.6. The monoisotopic (exact) mass is 1850 g/mol. The Morgan fingerprint density at radius 3 is 0.467 bits per heavy atom. The third kappa shape index (κ3) is 31.7. The van der Waals surface area contributed by atoms with E-state index >= 15 is 0 Å². The Bertz CT molecular complexity index is 4280. The first-order valence-corrected chi connectivity index (χ1v) is 45.8. The van der Waals surface area contributed by atoms with Gasteiger partial charge in [-0.15, -0.1) is 35.4 Å². The molecule has 23 heteroatoms. The second-order valence-electron chi connectivity index (χ2n) is 25.5. The molecule has 14 aromatic rings. The molecule has 0 unspecified atom stereocenters. The fourth-order valence-corrected chi connectivity index (χ4v) is 30.8. The Kier molecular flexibility index (Phi) is 45.6. The summed E-state index contributed by atoms with van der Waals surface area (Å²) in [6.45, 7) is 10.1. The summed E-state index contributed by atoms with van der Waals surface area (Å²) in [5.74, 6) is 4.24. The molecule has 0 saturated carbocycles. The minimum Gasteiger partial charge on any atom is -0.418 e. The predicted molar refractivity (Wildman–Crippen MR) is 494 cm³/mol. The van der Waals surface area contributed by atoms with Gasteiger partial charge in [-0.1, -0.05) is 385 Å². The summed E-state index contributed by atoms with van der Waals surface area (Å²) >= 11 is 0. The third-order valence-electron chi connectivity index (χ3n) is 17.1. The zero-order chi connectivity index (χ0) is 82.8. The van der Waals surface area contributed by atoms with Crippen LogP contribution < -0.4 is 63.7 Å². The van der Waals surface area contributed by atoms with Crippen molar-refractivity contribution in [3.05, 3.63) is 457 Å². The summed E-state index contributed by atoms with van der Waals surface area (Å²) in [6, 6.07) is 144. The molecule has 0 aliphatic carbocycles. The van der Waals surface area contributed by atoms with Crippen LogP contribution in [0.25, 0.3) is 0 Å². The number of hydrogen-bond donors (Lipinski definition) is 0. The van der Waals surface area contributed by atoms with Gasteiger partial charge >= 0.3 is 58.5 Å². The van der Waals surface area contributed by atoms with Crippen LogP contribution >= 0.6 is 48.4 Å². The van der Waals surface area contributed by atoms with E-state index in [-0.39, 0.29) is 62.6 Å². The molecule has 0 aliphatic heterocycles. The smallest absolute Gasteiger partial charge is 0.418 e. The van der Waals surface area contributed by atoms with Crippen LogP contribution in [-0.4, -0.2) is 50.1 Å². The molecule has 0 aliphatic rings. The maximum Gasteiger partial charge on any atom is 1.00 e. The summed E-state index contributed by atoms with van der Waals surface area (Å²) in [6.07, 6.45) is 16.8. The van der Waals surface area contributed by atoms with Crippen molar-refractivity contribution in [2.75, 3.05) is 19.6 Å². The molecule has 14 rings (SSSR count). The molecule has 14 aromatic carbocycles. The Balaban J connectivity index is 0.000000239. The van der Waals surface area contributed by atoms with E-state index in [1.807, 2.05) is 0 Å². The fraction of sp³-hybridized carbons (Fsp3) is 0.0928. The van der Waals surface area contributed by atoms with Gasteiger partial charge in [0.15, 0.2) is 0 Å². The molecule has 620 valence electrons. The van der Waals surface area contributed by atoms with Gasteiger partial charge < -0.3 is 30.1 Å². The number of non-ortho nitro benzene ring substituents is 2. The zero-order valence-corrected chi connectivity index (χ0v) is 74.2. The summed E-state index contributed by atoms with van der Waals surface area (Å²) in [5.41, 5.74) is 1.14. The maximum atomic E-state index is 10.1. The molecule has 0 amide bonds. The Morgan fingerprint density at radius 2 is 0.375 bits per heavy atom. The van der Waals surface area contributed by atoms with Crippen LogP contribution in [0.3, 0.4) is 0 Å². The topological polar surface area (TPSA) is 96.0 Å². The number of nitro benzene ring substituents is 2. The van der Waals surface area contributed by atoms with Crippen LogP contribution in [0.15, 0.2) is 413 Å². The molecule has 0 spiro atoms. The summed E-state index contributed by atoms with van der Waals surface area (Å²) in [4.78, 5) is 19.3. The molecule has 0 atom stereocenters. The first-order valence-electron chi connectivity index (χ1n) is 38.1. The van der Waals surface area contributed by atoms with E-state index in [9.17, 15) is 37.5 Å². The number of nitro groups is 2. The van der Waals surface area contributed by atoms with E-state index in [0.717, 1.165) is 38.9 Å². The molecular formula is C97H89BCu3F4N5O4P6. The van der Waals surface area contributed by atoms with Gasteiger partial charge in [0, 0.05) is 68.1 Å². The Labute approximate surface area is 744 Å². The van der Waals surface area contributed by atoms with Crippen molar-refractivity contribution in [3.63, 3.8) is 0 Å². The molecular weight excluding hydrogens is 1760 g/mol. The summed E-state index contributed by atoms with van der Waals surface area (Å²) in [7, 11) is -9.87. The summed E-state index contributed by atoms with van der Waals surface area (Å²) in [5, 5.41) is 37.2. The van der Waals surface area contributed by atoms with Crippen molar-refractivity contribution in [1.82, 2.24) is 13.3 Å². The minimum atomic E-state index is -6.00. The minimum absolute atomic E-state index is 0. The normalized spacial score (nSPS) is 10.6. The largest absolute Gasteiger partial charge is 1.00 e. The molecule has 0 aromatic heterocycles. The number of benzene rings is 14. The van der Waals surface area contributed by atoms with E-state index in [0.29, 0.717) is 11.1 Å². The quantitative estimate of drug-likeness (QED) is 0.0101. The molecule has 120 heavy (non-hydrogen) atoms. The zero-order valence-electron chi connectivity index (χ0n) is 66.0. The van der Waals surface area contributed by atoms with Gasteiger partial charge in [-0.3, -0.25) is 32.1 Å². The molecule has 0 radical (unpaired) electrons. The van der Waals surface area contributed by atoms with Crippen molar-refractivity contribution in [3.8, 4) is 11.8 Å². The number of hydrogen-bond acceptors (Lipinski definition) is 7. The van der Waals surface area contributed by atoms with Gasteiger partial charge in [0.2, 0.25) is 0 Å². The maximum absolute atomic E-state index is 10.1. The van der Waals surface area contributed by atoms with E-state index in [4.69, 9.17) is 12.8 Å². The van der Waals surface area contributed by atoms with Crippen molar-refractivity contribution in [2.45, 2.75) is 40.0 Å². The van der Waals surface area contributed by atoms with Crippen LogP contribution in [0.5, 0.6) is 0 Å². The Hall–Kier alpha value is -9.20. The average molecular weight is 1850 g/mol. The van der Waals surface area contributed by atoms with Gasteiger partial charge in [0.25, 0.3) is 11.4 Å². The molecule has 0 heterocycles. The second kappa shape index (κ2) is 55.0. The van der Waals surface area contributed by atoms with Gasteiger partial charge in [0.05, 0.1) is 9.85 Å². The molecule has 9 nitrogen and oxygen atoms in total. The first-order chi connectivity index (χ1) is 57.1. The van der Waals surface area contributed by atoms with Gasteiger partial charge in [-0.25, -0.2) is 13.3 Å². The van der Waals surface area contributed by atoms with E-state index in [2.05, 4.69) is 410 Å². The second-order valence-corrected chi connectivity index (χ2v) is 39.3. The number of rotatable bonds is 26. The van der Waals surface area contributed by atoms with Gasteiger partial charge in [-0.05, 0) is 107 Å². The van der Waals surface area contributed by atoms with Crippen LogP contribution in [-0.2, 0) is 51.2 Å². The van der Waals surface area contributed by atoms with Crippen molar-refractivity contribution < 1.29 is 78.3 Å². The standard InChI is InChI=1S/3C27H27NP2.2C8H4NO2.BF4.3Cu/c3*1-2-23-28(29(24-15-7-3-8-16-24)25-17-9-4-10-18-25)30(26-19-11-5-12-20-26)27-21-13-6-14-22-27;2*1-2-7-3-5-8(6-4-7)9(10)11;2-1(3,4)5;;;/h3*3-22H,2,23H2,1H3;2*3-6H;;;;/q;;;3*-1;3*+1. The van der Waals surface area contributed by atoms with Crippen LogP contribution in [0.4, 0.5) is 28.6 Å². The number of nitrogens with zero attached hydrogens (tertiary/aromatic N) is 5. The third-order valence-corrected chi connectivity index (χ3v) is 33.7. The predicted octanol–water partition coefficient (Wildman–Crippen LogP) is 21.7. The van der Waals surface area contributed by atoms with Crippen molar-refractivity contribution in [2.24, 2.45) is 0 Å². The van der Waals surface area contributed by atoms with E-state index in [1.165, 1.54) is 112 Å². The van der Waals surface area contributed by atoms with E-state index < -0.39 is 65.5 Å². The van der Waals surface area contributed by atoms with Crippen LogP contribution in [0, 0.1) is 44.9 Å². The SMILES string of the molecule is CCCN(P(c1ccccc1)c1ccccc1)P(c1ccccc1)c1ccccc1.CCCN(P(c1ccccc1)c1ccccc1)P(c1ccccc1)c1ccccc1.CCCN(P(c1ccccc1)c1ccccc1)P(c1ccccc1)c1ccccc1.F[B-](F)(F)F.[C-]#Cc1ccc([N+](=O)[O-])cc1.[C-]#Cc1ccc([N+](=O)[O-])cc1.[Cu+].[Cu+].[Cu+]. The molecule has 0 N–H and O–H groups in total. The van der Waals surface area contributed by atoms with E-state index in [1.54, 1.807) is 0 Å². The van der Waals surface area contributed by atoms with Gasteiger partial charge in [0.1, 0.15) is 0 Å². The van der Waals surface area contributed by atoms with Gasteiger partial charge in [-0.2, -0.15) is 0 Å². The molecule has 0 bridgehead atoms. The Morgan fingerprint density at radius 1 is 0.258 bits per heavy atom. The van der Waals surface area contributed by atoms with Crippen molar-refractivity contribution >= 4 is 131 Å². The fourth-order valence-electron chi connectivity index (χ4n) is 12.1. The summed E-state index contributed by atoms with van der Waals surface area (Å²) < 4.78 is 47.4. The molecule has 0 saturated heterocycles. The van der Waals surface area contributed by atoms with Crippen molar-refractivity contribution in [1.29, 1.82) is 0 Å². The average Bonchev–Trinajstić information content (AvgIpc) is 0.794.